The highest BCUT2D eigenvalue weighted by atomic mass is 35.5. The fourth-order valence-electron chi connectivity index (χ4n) is 2.88. The Morgan fingerprint density at radius 3 is 2.54 bits per heavy atom. The maximum absolute atomic E-state index is 14.4. The van der Waals surface area contributed by atoms with E-state index in [0.717, 1.165) is 11.1 Å². The van der Waals surface area contributed by atoms with Crippen LogP contribution in [0.4, 0.5) is 10.2 Å². The van der Waals surface area contributed by atoms with Crippen molar-refractivity contribution < 1.29 is 4.39 Å². The number of rotatable bonds is 4. The number of hydrogen-bond donors (Lipinski definition) is 1. The van der Waals surface area contributed by atoms with Crippen LogP contribution in [0.2, 0.25) is 5.02 Å². The number of halogens is 2. The summed E-state index contributed by atoms with van der Waals surface area (Å²) in [7, 11) is 0. The lowest BCUT2D eigenvalue weighted by Gasteiger charge is -2.21. The summed E-state index contributed by atoms with van der Waals surface area (Å²) in [4.78, 5) is 12.6. The summed E-state index contributed by atoms with van der Waals surface area (Å²) in [5.41, 5.74) is 2.44. The number of nitrogens with zero attached hydrogens (tertiary/aromatic N) is 3. The molecule has 1 atom stereocenters. The number of aromatic nitrogens is 3. The van der Waals surface area contributed by atoms with Crippen molar-refractivity contribution in [3.8, 4) is 0 Å². The van der Waals surface area contributed by atoms with E-state index in [-0.39, 0.29) is 11.9 Å². The third-order valence-corrected chi connectivity index (χ3v) is 4.37. The van der Waals surface area contributed by atoms with Gasteiger partial charge >= 0.3 is 0 Å². The van der Waals surface area contributed by atoms with Crippen molar-refractivity contribution in [1.82, 2.24) is 15.0 Å². The van der Waals surface area contributed by atoms with E-state index in [9.17, 15) is 4.39 Å². The van der Waals surface area contributed by atoms with Gasteiger partial charge in [-0.2, -0.15) is 0 Å². The fraction of sp³-hybridized carbons (Fsp3) is 0.0500. The van der Waals surface area contributed by atoms with Crippen LogP contribution < -0.4 is 5.32 Å². The molecule has 0 aliphatic rings. The molecular formula is C20H14ClFN4. The summed E-state index contributed by atoms with van der Waals surface area (Å²) in [6.45, 7) is 0. The first kappa shape index (κ1) is 16.4. The molecule has 0 fully saturated rings. The van der Waals surface area contributed by atoms with E-state index in [2.05, 4.69) is 20.3 Å². The van der Waals surface area contributed by atoms with Gasteiger partial charge in [0.15, 0.2) is 0 Å². The van der Waals surface area contributed by atoms with Crippen LogP contribution in [0.5, 0.6) is 0 Å². The highest BCUT2D eigenvalue weighted by Crippen LogP contribution is 2.30. The summed E-state index contributed by atoms with van der Waals surface area (Å²) in [5.74, 6) is 0.0588. The summed E-state index contributed by atoms with van der Waals surface area (Å²) < 4.78 is 14.4. The third kappa shape index (κ3) is 3.21. The Kier molecular flexibility index (Phi) is 4.46. The van der Waals surface area contributed by atoms with Gasteiger partial charge in [0, 0.05) is 17.4 Å². The van der Waals surface area contributed by atoms with Gasteiger partial charge < -0.3 is 5.32 Å². The molecule has 0 aliphatic heterocycles. The van der Waals surface area contributed by atoms with Crippen LogP contribution in [0.15, 0.2) is 73.3 Å². The molecule has 4 nitrogen and oxygen atoms in total. The molecule has 2 aromatic heterocycles. The molecule has 0 spiro atoms. The van der Waals surface area contributed by atoms with Crippen molar-refractivity contribution in [2.75, 3.05) is 5.32 Å². The molecule has 4 aromatic rings. The molecule has 26 heavy (non-hydrogen) atoms. The Bertz CT molecular complexity index is 1030. The number of nitrogens with one attached hydrogen (secondary N) is 1. The number of pyridine rings is 1. The molecule has 1 N–H and O–H groups in total. The average Bonchev–Trinajstić information content (AvgIpc) is 2.68. The monoisotopic (exact) mass is 364 g/mol. The van der Waals surface area contributed by atoms with E-state index in [1.807, 2.05) is 36.4 Å². The maximum atomic E-state index is 14.4. The van der Waals surface area contributed by atoms with Crippen molar-refractivity contribution in [1.29, 1.82) is 0 Å². The van der Waals surface area contributed by atoms with Gasteiger partial charge in [-0.05, 0) is 41.5 Å². The Labute approximate surface area is 154 Å². The molecule has 0 aliphatic carbocycles. The molecule has 0 saturated heterocycles. The van der Waals surface area contributed by atoms with Crippen LogP contribution in [0.25, 0.3) is 10.9 Å². The quantitative estimate of drug-likeness (QED) is 0.552. The predicted molar refractivity (Wildman–Crippen MR) is 101 cm³/mol. The van der Waals surface area contributed by atoms with Crippen LogP contribution in [0.3, 0.4) is 0 Å². The van der Waals surface area contributed by atoms with E-state index in [1.54, 1.807) is 24.5 Å². The molecule has 1 unspecified atom stereocenters. The highest BCUT2D eigenvalue weighted by Gasteiger charge is 2.18. The molecule has 0 saturated carbocycles. The third-order valence-electron chi connectivity index (χ3n) is 4.11. The lowest BCUT2D eigenvalue weighted by molar-refractivity contribution is 0.639. The van der Waals surface area contributed by atoms with E-state index < -0.39 is 0 Å². The van der Waals surface area contributed by atoms with Crippen LogP contribution in [-0.4, -0.2) is 15.0 Å². The van der Waals surface area contributed by atoms with Crippen molar-refractivity contribution in [3.63, 3.8) is 0 Å². The minimum atomic E-state index is -0.369. The summed E-state index contributed by atoms with van der Waals surface area (Å²) in [5, 5.41) is 4.35. The lowest BCUT2D eigenvalue weighted by atomic mass is 10.00. The summed E-state index contributed by atoms with van der Waals surface area (Å²) >= 11 is 6.02. The molecule has 0 bridgehead atoms. The number of hydrogen-bond acceptors (Lipinski definition) is 4. The van der Waals surface area contributed by atoms with Crippen molar-refractivity contribution in [3.05, 3.63) is 95.3 Å². The molecule has 0 radical (unpaired) electrons. The van der Waals surface area contributed by atoms with Gasteiger partial charge in [0.2, 0.25) is 0 Å². The Hall–Kier alpha value is -3.05. The molecule has 4 rings (SSSR count). The van der Waals surface area contributed by atoms with E-state index in [0.29, 0.717) is 21.7 Å². The minimum absolute atomic E-state index is 0.265. The van der Waals surface area contributed by atoms with Crippen LogP contribution in [0, 0.1) is 5.82 Å². The second kappa shape index (κ2) is 7.06. The van der Waals surface area contributed by atoms with Gasteiger partial charge in [-0.3, -0.25) is 4.98 Å². The van der Waals surface area contributed by atoms with Crippen LogP contribution in [0.1, 0.15) is 17.2 Å². The first-order valence-electron chi connectivity index (χ1n) is 8.03. The Morgan fingerprint density at radius 1 is 0.923 bits per heavy atom. The zero-order chi connectivity index (χ0) is 17.9. The van der Waals surface area contributed by atoms with Crippen molar-refractivity contribution in [2.24, 2.45) is 0 Å². The molecule has 2 aromatic carbocycles. The van der Waals surface area contributed by atoms with Gasteiger partial charge in [-0.25, -0.2) is 14.4 Å². The molecule has 2 heterocycles. The van der Waals surface area contributed by atoms with Crippen molar-refractivity contribution in [2.45, 2.75) is 6.04 Å². The van der Waals surface area contributed by atoms with Gasteiger partial charge in [-0.15, -0.1) is 0 Å². The molecule has 0 amide bonds. The summed E-state index contributed by atoms with van der Waals surface area (Å²) in [6, 6.07) is 15.8. The standard InChI is InChI=1S/C20H14ClFN4/c21-15-8-6-13(7-9-15)19(14-3-2-10-23-11-14)26-20-18-16(22)4-1-5-17(18)24-12-25-20/h1-12,19H,(H,24,25,26). The van der Waals surface area contributed by atoms with Gasteiger partial charge in [0.1, 0.15) is 18.0 Å². The second-order valence-electron chi connectivity index (χ2n) is 5.77. The van der Waals surface area contributed by atoms with E-state index >= 15 is 0 Å². The molecule has 6 heteroatoms. The highest BCUT2D eigenvalue weighted by molar-refractivity contribution is 6.30. The maximum Gasteiger partial charge on any atom is 0.141 e. The first-order chi connectivity index (χ1) is 12.7. The second-order valence-corrected chi connectivity index (χ2v) is 6.21. The smallest absolute Gasteiger partial charge is 0.141 e. The predicted octanol–water partition coefficient (Wildman–Crippen LogP) is 5.02. The number of benzene rings is 2. The number of anilines is 1. The largest absolute Gasteiger partial charge is 0.358 e. The van der Waals surface area contributed by atoms with E-state index in [1.165, 1.54) is 12.4 Å². The number of fused-ring (bicyclic) bond motifs is 1. The lowest BCUT2D eigenvalue weighted by Crippen LogP contribution is -2.14. The minimum Gasteiger partial charge on any atom is -0.358 e. The van der Waals surface area contributed by atoms with Crippen LogP contribution >= 0.6 is 11.6 Å². The van der Waals surface area contributed by atoms with Gasteiger partial charge in [0.25, 0.3) is 0 Å². The zero-order valence-electron chi connectivity index (χ0n) is 13.6. The summed E-state index contributed by atoms with van der Waals surface area (Å²) in [6.07, 6.45) is 4.90. The zero-order valence-corrected chi connectivity index (χ0v) is 14.4. The van der Waals surface area contributed by atoms with E-state index in [4.69, 9.17) is 11.6 Å². The average molecular weight is 365 g/mol. The molecular weight excluding hydrogens is 351 g/mol. The fourth-order valence-corrected chi connectivity index (χ4v) is 3.00. The SMILES string of the molecule is Fc1cccc2ncnc(NC(c3ccc(Cl)cc3)c3cccnc3)c12. The van der Waals surface area contributed by atoms with Gasteiger partial charge in [0.05, 0.1) is 16.9 Å². The van der Waals surface area contributed by atoms with Crippen LogP contribution in [-0.2, 0) is 0 Å². The molecule has 128 valence electrons. The Morgan fingerprint density at radius 2 is 1.77 bits per heavy atom. The van der Waals surface area contributed by atoms with Gasteiger partial charge in [-0.1, -0.05) is 35.9 Å². The van der Waals surface area contributed by atoms with Crippen molar-refractivity contribution >= 4 is 28.3 Å². The topological polar surface area (TPSA) is 50.7 Å². The normalized spacial score (nSPS) is 12.1. The Balaban J connectivity index is 1.82. The first-order valence-corrected chi connectivity index (χ1v) is 8.41.